The van der Waals surface area contributed by atoms with Gasteiger partial charge in [-0.15, -0.1) is 0 Å². The fraction of sp³-hybridized carbons (Fsp3) is 0.500. The maximum atomic E-state index is 12.5. The van der Waals surface area contributed by atoms with Gasteiger partial charge in [0.15, 0.2) is 0 Å². The highest BCUT2D eigenvalue weighted by molar-refractivity contribution is 5.94. The summed E-state index contributed by atoms with van der Waals surface area (Å²) in [4.78, 5) is 15.0. The van der Waals surface area contributed by atoms with E-state index in [4.69, 9.17) is 0 Å². The van der Waals surface area contributed by atoms with E-state index in [1.54, 1.807) is 10.9 Å². The smallest absolute Gasteiger partial charge is 0.251 e. The lowest BCUT2D eigenvalue weighted by Gasteiger charge is -2.35. The fourth-order valence-electron chi connectivity index (χ4n) is 3.45. The first-order chi connectivity index (χ1) is 12.3. The Hall–Kier alpha value is -2.14. The lowest BCUT2D eigenvalue weighted by Crippen LogP contribution is -2.47. The van der Waals surface area contributed by atoms with Crippen molar-refractivity contribution in [2.75, 3.05) is 19.6 Å². The minimum atomic E-state index is 0.00744. The van der Waals surface area contributed by atoms with E-state index in [9.17, 15) is 4.79 Å². The van der Waals surface area contributed by atoms with Crippen LogP contribution in [0.4, 0.5) is 0 Å². The summed E-state index contributed by atoms with van der Waals surface area (Å²) in [6.07, 6.45) is 9.82. The predicted octanol–water partition coefficient (Wildman–Crippen LogP) is 3.26. The highest BCUT2D eigenvalue weighted by atomic mass is 16.1. The number of aromatic nitrogens is 2. The Balaban J connectivity index is 1.54. The van der Waals surface area contributed by atoms with Gasteiger partial charge in [0.25, 0.3) is 5.91 Å². The number of nitrogens with one attached hydrogen (secondary N) is 1. The van der Waals surface area contributed by atoms with Crippen LogP contribution in [-0.4, -0.2) is 46.3 Å². The van der Waals surface area contributed by atoms with Crippen LogP contribution >= 0.6 is 0 Å². The molecular weight excluding hydrogens is 312 g/mol. The third-order valence-electron chi connectivity index (χ3n) is 4.94. The molecule has 25 heavy (non-hydrogen) atoms. The van der Waals surface area contributed by atoms with Crippen molar-refractivity contribution in [3.63, 3.8) is 0 Å². The third-order valence-corrected chi connectivity index (χ3v) is 4.94. The van der Waals surface area contributed by atoms with Crippen LogP contribution in [0.15, 0.2) is 42.7 Å². The van der Waals surface area contributed by atoms with E-state index in [1.807, 2.05) is 36.5 Å². The average Bonchev–Trinajstić information content (AvgIpc) is 3.20. The number of amides is 1. The number of hydrogen-bond acceptors (Lipinski definition) is 3. The quantitative estimate of drug-likeness (QED) is 0.842. The molecule has 2 heterocycles. The number of carbonyl (C=O) groups is 1. The molecule has 0 aliphatic carbocycles. The number of rotatable bonds is 7. The van der Waals surface area contributed by atoms with E-state index in [0.717, 1.165) is 18.8 Å². The molecule has 5 nitrogen and oxygen atoms in total. The van der Waals surface area contributed by atoms with Crippen molar-refractivity contribution in [3.05, 3.63) is 48.3 Å². The normalized spacial score (nSPS) is 18.2. The molecule has 1 fully saturated rings. The molecule has 1 aromatic heterocycles. The summed E-state index contributed by atoms with van der Waals surface area (Å²) in [7, 11) is 0. The molecule has 0 radical (unpaired) electrons. The Labute approximate surface area is 150 Å². The lowest BCUT2D eigenvalue weighted by molar-refractivity contribution is 0.0912. The molecule has 0 bridgehead atoms. The Morgan fingerprint density at radius 3 is 2.84 bits per heavy atom. The van der Waals surface area contributed by atoms with Crippen LogP contribution in [0.2, 0.25) is 0 Å². The van der Waals surface area contributed by atoms with E-state index in [1.165, 1.54) is 38.6 Å². The number of piperidine rings is 1. The summed E-state index contributed by atoms with van der Waals surface area (Å²) in [6.45, 7) is 5.28. The van der Waals surface area contributed by atoms with Crippen LogP contribution in [0.25, 0.3) is 5.69 Å². The van der Waals surface area contributed by atoms with E-state index >= 15 is 0 Å². The largest absolute Gasteiger partial charge is 0.350 e. The molecule has 0 saturated carbocycles. The standard InChI is InChI=1S/C20H28N4O/c1-2-3-13-23-14-5-4-7-19(23)16-21-20(25)17-8-10-18(11-9-17)24-15-6-12-22-24/h6,8-12,15,19H,2-5,7,13-14,16H2,1H3,(H,21,25). The Bertz CT molecular complexity index is 651. The SMILES string of the molecule is CCCCN1CCCCC1CNC(=O)c1ccc(-n2cccn2)cc1. The van der Waals surface area contributed by atoms with Crippen LogP contribution in [-0.2, 0) is 0 Å². The van der Waals surface area contributed by atoms with Gasteiger partial charge < -0.3 is 5.32 Å². The highest BCUT2D eigenvalue weighted by Crippen LogP contribution is 2.17. The number of benzene rings is 1. The second-order valence-electron chi connectivity index (χ2n) is 6.75. The van der Waals surface area contributed by atoms with Crippen LogP contribution in [0.1, 0.15) is 49.4 Å². The molecule has 3 rings (SSSR count). The van der Waals surface area contributed by atoms with Crippen molar-refractivity contribution < 1.29 is 4.79 Å². The van der Waals surface area contributed by atoms with Crippen LogP contribution in [0, 0.1) is 0 Å². The first kappa shape index (κ1) is 17.7. The predicted molar refractivity (Wildman–Crippen MR) is 100 cm³/mol. The number of likely N-dealkylation sites (tertiary alicyclic amines) is 1. The average molecular weight is 340 g/mol. The summed E-state index contributed by atoms with van der Waals surface area (Å²) < 4.78 is 1.79. The maximum absolute atomic E-state index is 12.5. The molecule has 1 amide bonds. The molecule has 1 N–H and O–H groups in total. The van der Waals surface area contributed by atoms with Gasteiger partial charge >= 0.3 is 0 Å². The number of hydrogen-bond donors (Lipinski definition) is 1. The Morgan fingerprint density at radius 1 is 1.28 bits per heavy atom. The minimum absolute atomic E-state index is 0.00744. The van der Waals surface area contributed by atoms with Gasteiger partial charge in [0.1, 0.15) is 0 Å². The van der Waals surface area contributed by atoms with Gasteiger partial charge in [-0.1, -0.05) is 19.8 Å². The fourth-order valence-corrected chi connectivity index (χ4v) is 3.45. The number of unbranched alkanes of at least 4 members (excludes halogenated alkanes) is 1. The zero-order valence-electron chi connectivity index (χ0n) is 15.0. The van der Waals surface area contributed by atoms with Crippen LogP contribution < -0.4 is 5.32 Å². The summed E-state index contributed by atoms with van der Waals surface area (Å²) in [5.74, 6) is 0.00744. The van der Waals surface area contributed by atoms with E-state index < -0.39 is 0 Å². The zero-order valence-corrected chi connectivity index (χ0v) is 15.0. The molecule has 1 atom stereocenters. The maximum Gasteiger partial charge on any atom is 0.251 e. The number of carbonyl (C=O) groups excluding carboxylic acids is 1. The summed E-state index contributed by atoms with van der Waals surface area (Å²) in [6, 6.07) is 9.94. The first-order valence-electron chi connectivity index (χ1n) is 9.40. The molecule has 1 unspecified atom stereocenters. The van der Waals surface area contributed by atoms with E-state index in [0.29, 0.717) is 11.6 Å². The van der Waals surface area contributed by atoms with Crippen LogP contribution in [0.5, 0.6) is 0 Å². The van der Waals surface area contributed by atoms with Gasteiger partial charge in [0.05, 0.1) is 5.69 Å². The van der Waals surface area contributed by atoms with Gasteiger partial charge in [-0.05, 0) is 62.7 Å². The second-order valence-corrected chi connectivity index (χ2v) is 6.75. The summed E-state index contributed by atoms with van der Waals surface area (Å²) in [5.41, 5.74) is 1.66. The number of nitrogens with zero attached hydrogens (tertiary/aromatic N) is 3. The molecule has 1 saturated heterocycles. The molecule has 1 aliphatic heterocycles. The lowest BCUT2D eigenvalue weighted by atomic mass is 10.0. The minimum Gasteiger partial charge on any atom is -0.350 e. The Kier molecular flexibility index (Phi) is 6.23. The van der Waals surface area contributed by atoms with E-state index in [-0.39, 0.29) is 5.91 Å². The van der Waals surface area contributed by atoms with Gasteiger partial charge in [-0.25, -0.2) is 4.68 Å². The summed E-state index contributed by atoms with van der Waals surface area (Å²) in [5, 5.41) is 7.33. The van der Waals surface area contributed by atoms with Crippen LogP contribution in [0.3, 0.4) is 0 Å². The van der Waals surface area contributed by atoms with Gasteiger partial charge in [0.2, 0.25) is 0 Å². The molecular formula is C20H28N4O. The van der Waals surface area contributed by atoms with E-state index in [2.05, 4.69) is 22.2 Å². The summed E-state index contributed by atoms with van der Waals surface area (Å²) >= 11 is 0. The van der Waals surface area contributed by atoms with Crippen molar-refractivity contribution in [2.45, 2.75) is 45.1 Å². The molecule has 5 heteroatoms. The Morgan fingerprint density at radius 2 is 2.12 bits per heavy atom. The van der Waals surface area contributed by atoms with Crippen molar-refractivity contribution in [1.29, 1.82) is 0 Å². The van der Waals surface area contributed by atoms with Gasteiger partial charge in [-0.3, -0.25) is 9.69 Å². The van der Waals surface area contributed by atoms with Gasteiger partial charge in [0, 0.05) is 30.5 Å². The second kappa shape index (κ2) is 8.81. The third kappa shape index (κ3) is 4.69. The topological polar surface area (TPSA) is 50.2 Å². The highest BCUT2D eigenvalue weighted by Gasteiger charge is 2.22. The van der Waals surface area contributed by atoms with Crippen molar-refractivity contribution in [3.8, 4) is 5.69 Å². The molecule has 134 valence electrons. The van der Waals surface area contributed by atoms with Crippen molar-refractivity contribution in [1.82, 2.24) is 20.0 Å². The van der Waals surface area contributed by atoms with Crippen molar-refractivity contribution in [2.24, 2.45) is 0 Å². The first-order valence-corrected chi connectivity index (χ1v) is 9.40. The molecule has 1 aliphatic rings. The monoisotopic (exact) mass is 340 g/mol. The molecule has 0 spiro atoms. The molecule has 2 aromatic rings. The zero-order chi connectivity index (χ0) is 17.5. The van der Waals surface area contributed by atoms with Gasteiger partial charge in [-0.2, -0.15) is 5.10 Å². The van der Waals surface area contributed by atoms with Crippen molar-refractivity contribution >= 4 is 5.91 Å². The molecule has 1 aromatic carbocycles.